The van der Waals surface area contributed by atoms with E-state index in [2.05, 4.69) is 13.0 Å². The van der Waals surface area contributed by atoms with E-state index in [9.17, 15) is 9.59 Å². The zero-order chi connectivity index (χ0) is 17.3. The van der Waals surface area contributed by atoms with Crippen LogP contribution in [0.1, 0.15) is 72.1 Å². The molecule has 0 aromatic rings. The second kappa shape index (κ2) is 6.73. The van der Waals surface area contributed by atoms with Gasteiger partial charge in [0.25, 0.3) is 11.8 Å². The first-order chi connectivity index (χ1) is 11.4. The number of hydrazine groups is 1. The molecule has 4 heteroatoms. The molecule has 2 amide bonds. The van der Waals surface area contributed by atoms with Gasteiger partial charge in [0.1, 0.15) is 5.54 Å². The molecule has 2 aliphatic carbocycles. The molecule has 132 valence electrons. The SMILES string of the molecule is CC1C=C(C(=O)N2N(C3CCCCCCC3)C(=O)C2(C)C)C=CC1. The van der Waals surface area contributed by atoms with Gasteiger partial charge in [0, 0.05) is 5.57 Å². The van der Waals surface area contributed by atoms with Crippen LogP contribution in [0, 0.1) is 5.92 Å². The van der Waals surface area contributed by atoms with Crippen molar-refractivity contribution in [3.05, 3.63) is 23.8 Å². The van der Waals surface area contributed by atoms with Gasteiger partial charge in [-0.2, -0.15) is 0 Å². The topological polar surface area (TPSA) is 40.6 Å². The highest BCUT2D eigenvalue weighted by atomic mass is 16.2. The molecule has 24 heavy (non-hydrogen) atoms. The second-order valence-corrected chi connectivity index (χ2v) is 8.06. The number of nitrogens with zero attached hydrogens (tertiary/aromatic N) is 2. The van der Waals surface area contributed by atoms with Gasteiger partial charge in [0.05, 0.1) is 6.04 Å². The first-order valence-electron chi connectivity index (χ1n) is 9.49. The van der Waals surface area contributed by atoms with Gasteiger partial charge >= 0.3 is 0 Å². The number of hydrogen-bond donors (Lipinski definition) is 0. The fourth-order valence-corrected chi connectivity index (χ4v) is 4.15. The number of allylic oxidation sites excluding steroid dienone is 2. The summed E-state index contributed by atoms with van der Waals surface area (Å²) in [6, 6.07) is 0.181. The Kier molecular flexibility index (Phi) is 4.84. The summed E-state index contributed by atoms with van der Waals surface area (Å²) in [6.45, 7) is 5.85. The summed E-state index contributed by atoms with van der Waals surface area (Å²) in [5, 5.41) is 3.51. The molecular weight excluding hydrogens is 300 g/mol. The normalized spacial score (nSPS) is 28.0. The number of carbonyl (C=O) groups excluding carboxylic acids is 2. The van der Waals surface area contributed by atoms with E-state index in [4.69, 9.17) is 0 Å². The van der Waals surface area contributed by atoms with Crippen LogP contribution in [0.25, 0.3) is 0 Å². The van der Waals surface area contributed by atoms with Crippen LogP contribution in [0.15, 0.2) is 23.8 Å². The van der Waals surface area contributed by atoms with Crippen LogP contribution in [0.2, 0.25) is 0 Å². The quantitative estimate of drug-likeness (QED) is 0.768. The van der Waals surface area contributed by atoms with Gasteiger partial charge in [-0.3, -0.25) is 9.59 Å². The molecule has 1 saturated heterocycles. The Morgan fingerprint density at radius 3 is 2.38 bits per heavy atom. The lowest BCUT2D eigenvalue weighted by atomic mass is 9.89. The molecule has 0 N–H and O–H groups in total. The third kappa shape index (κ3) is 3.03. The van der Waals surface area contributed by atoms with E-state index in [-0.39, 0.29) is 17.9 Å². The summed E-state index contributed by atoms with van der Waals surface area (Å²) in [4.78, 5) is 25.8. The second-order valence-electron chi connectivity index (χ2n) is 8.06. The van der Waals surface area contributed by atoms with Crippen LogP contribution in [-0.2, 0) is 9.59 Å². The molecule has 0 aromatic heterocycles. The molecule has 2 fully saturated rings. The molecule has 0 aromatic carbocycles. The van der Waals surface area contributed by atoms with Crippen molar-refractivity contribution in [3.8, 4) is 0 Å². The first kappa shape index (κ1) is 17.2. The standard InChI is InChI=1S/C20H30N2O2/c1-15-10-9-11-16(14-15)18(23)22-20(2,3)19(24)21(22)17-12-7-5-4-6-8-13-17/h9,11,14-15,17H,4-8,10,12-13H2,1-3H3. The third-order valence-electron chi connectivity index (χ3n) is 5.61. The van der Waals surface area contributed by atoms with Crippen molar-refractivity contribution in [1.82, 2.24) is 10.0 Å². The van der Waals surface area contributed by atoms with Crippen molar-refractivity contribution in [1.29, 1.82) is 0 Å². The van der Waals surface area contributed by atoms with Crippen molar-refractivity contribution in [2.45, 2.75) is 83.7 Å². The van der Waals surface area contributed by atoms with Gasteiger partial charge in [0.15, 0.2) is 0 Å². The van der Waals surface area contributed by atoms with Crippen LogP contribution < -0.4 is 0 Å². The average Bonchev–Trinajstić information content (AvgIpc) is 2.52. The third-order valence-corrected chi connectivity index (χ3v) is 5.61. The van der Waals surface area contributed by atoms with Crippen molar-refractivity contribution >= 4 is 11.8 Å². The minimum atomic E-state index is -0.727. The largest absolute Gasteiger partial charge is 0.273 e. The molecule has 1 atom stereocenters. The molecule has 0 radical (unpaired) electrons. The van der Waals surface area contributed by atoms with Gasteiger partial charge < -0.3 is 0 Å². The number of rotatable bonds is 2. The Bertz CT molecular complexity index is 568. The summed E-state index contributed by atoms with van der Waals surface area (Å²) in [7, 11) is 0. The van der Waals surface area contributed by atoms with E-state index in [1.807, 2.05) is 26.0 Å². The molecule has 4 nitrogen and oxygen atoms in total. The highest BCUT2D eigenvalue weighted by Crippen LogP contribution is 2.38. The van der Waals surface area contributed by atoms with E-state index in [0.717, 1.165) is 37.7 Å². The molecule has 1 heterocycles. The Morgan fingerprint density at radius 2 is 1.75 bits per heavy atom. The summed E-state index contributed by atoms with van der Waals surface area (Å²) in [5.41, 5.74) is -0.000357. The molecule has 1 aliphatic heterocycles. The molecule has 3 rings (SSSR count). The van der Waals surface area contributed by atoms with Crippen molar-refractivity contribution in [2.24, 2.45) is 5.92 Å². The summed E-state index contributed by atoms with van der Waals surface area (Å²) < 4.78 is 0. The van der Waals surface area contributed by atoms with Crippen LogP contribution in [0.4, 0.5) is 0 Å². The lowest BCUT2D eigenvalue weighted by molar-refractivity contribution is -0.224. The molecule has 0 spiro atoms. The van der Waals surface area contributed by atoms with Crippen molar-refractivity contribution in [2.75, 3.05) is 0 Å². The maximum Gasteiger partial charge on any atom is 0.273 e. The van der Waals surface area contributed by atoms with Gasteiger partial charge in [-0.05, 0) is 39.0 Å². The smallest absolute Gasteiger partial charge is 0.270 e. The van der Waals surface area contributed by atoms with Gasteiger partial charge in [-0.15, -0.1) is 0 Å². The Hall–Kier alpha value is -1.58. The number of carbonyl (C=O) groups is 2. The molecule has 0 bridgehead atoms. The van der Waals surface area contributed by atoms with Crippen molar-refractivity contribution < 1.29 is 9.59 Å². The minimum absolute atomic E-state index is 0.0236. The fraction of sp³-hybridized carbons (Fsp3) is 0.700. The van der Waals surface area contributed by atoms with Crippen LogP contribution >= 0.6 is 0 Å². The molecule has 1 unspecified atom stereocenters. The van der Waals surface area contributed by atoms with E-state index in [1.165, 1.54) is 19.3 Å². The van der Waals surface area contributed by atoms with Crippen LogP contribution in [-0.4, -0.2) is 33.4 Å². The predicted octanol–water partition coefficient (Wildman–Crippen LogP) is 3.99. The maximum atomic E-state index is 13.1. The minimum Gasteiger partial charge on any atom is -0.270 e. The van der Waals surface area contributed by atoms with E-state index >= 15 is 0 Å². The first-order valence-corrected chi connectivity index (χ1v) is 9.49. The average molecular weight is 330 g/mol. The van der Waals surface area contributed by atoms with Gasteiger partial charge in [-0.1, -0.05) is 57.3 Å². The van der Waals surface area contributed by atoms with Gasteiger partial charge in [0.2, 0.25) is 0 Å². The molecular formula is C20H30N2O2. The Labute approximate surface area is 145 Å². The highest BCUT2D eigenvalue weighted by Gasteiger charge is 2.57. The molecule has 3 aliphatic rings. The zero-order valence-electron chi connectivity index (χ0n) is 15.3. The fourth-order valence-electron chi connectivity index (χ4n) is 4.15. The molecule has 1 saturated carbocycles. The lowest BCUT2D eigenvalue weighted by Gasteiger charge is -2.58. The van der Waals surface area contributed by atoms with Gasteiger partial charge in [-0.25, -0.2) is 10.0 Å². The van der Waals surface area contributed by atoms with E-state index < -0.39 is 5.54 Å². The summed E-state index contributed by atoms with van der Waals surface area (Å²) in [6.07, 6.45) is 15.1. The van der Waals surface area contributed by atoms with E-state index in [0.29, 0.717) is 5.92 Å². The van der Waals surface area contributed by atoms with E-state index in [1.54, 1.807) is 10.0 Å². The maximum absolute atomic E-state index is 13.1. The highest BCUT2D eigenvalue weighted by molar-refractivity contribution is 6.05. The van der Waals surface area contributed by atoms with Crippen molar-refractivity contribution in [3.63, 3.8) is 0 Å². The lowest BCUT2D eigenvalue weighted by Crippen LogP contribution is -2.78. The number of amides is 2. The summed E-state index contributed by atoms with van der Waals surface area (Å²) in [5.74, 6) is 0.447. The zero-order valence-corrected chi connectivity index (χ0v) is 15.3. The summed E-state index contributed by atoms with van der Waals surface area (Å²) >= 11 is 0. The van der Waals surface area contributed by atoms with Crippen LogP contribution in [0.3, 0.4) is 0 Å². The number of hydrogen-bond acceptors (Lipinski definition) is 2. The Morgan fingerprint density at radius 1 is 1.12 bits per heavy atom. The van der Waals surface area contributed by atoms with Crippen LogP contribution in [0.5, 0.6) is 0 Å². The predicted molar refractivity (Wildman–Crippen MR) is 94.9 cm³/mol. The monoisotopic (exact) mass is 330 g/mol. The Balaban J connectivity index is 1.81.